The number of halogens is 1. The van der Waals surface area contributed by atoms with Crippen molar-refractivity contribution in [1.29, 1.82) is 5.26 Å². The van der Waals surface area contributed by atoms with Gasteiger partial charge in [-0.15, -0.1) is 0 Å². The normalized spacial score (nSPS) is 11.0. The van der Waals surface area contributed by atoms with Crippen molar-refractivity contribution >= 4 is 35.3 Å². The minimum absolute atomic E-state index is 0.0221. The van der Waals surface area contributed by atoms with Crippen LogP contribution in [0.2, 0.25) is 5.02 Å². The summed E-state index contributed by atoms with van der Waals surface area (Å²) < 4.78 is 5.18. The average Bonchev–Trinajstić information content (AvgIpc) is 2.63. The molecule has 0 saturated heterocycles. The van der Waals surface area contributed by atoms with Crippen molar-refractivity contribution in [3.8, 4) is 17.6 Å². The number of hydrogen-bond donors (Lipinski definition) is 2. The van der Waals surface area contributed by atoms with E-state index >= 15 is 0 Å². The first-order valence-corrected chi connectivity index (χ1v) is 9.12. The summed E-state index contributed by atoms with van der Waals surface area (Å²) in [6.07, 6.45) is 1.37. The highest BCUT2D eigenvalue weighted by atomic mass is 35.5. The zero-order valence-corrected chi connectivity index (χ0v) is 15.6. The van der Waals surface area contributed by atoms with Crippen LogP contribution < -0.4 is 10.5 Å². The fraction of sp³-hybridized carbons (Fsp3) is 0.158. The van der Waals surface area contributed by atoms with Gasteiger partial charge in [0, 0.05) is 22.1 Å². The number of carbonyl (C=O) groups is 1. The lowest BCUT2D eigenvalue weighted by molar-refractivity contribution is -0.114. The van der Waals surface area contributed by atoms with Gasteiger partial charge < -0.3 is 15.6 Å². The highest BCUT2D eigenvalue weighted by Gasteiger charge is 2.12. The summed E-state index contributed by atoms with van der Waals surface area (Å²) in [5, 5.41) is 20.0. The molecule has 0 aliphatic rings. The quantitative estimate of drug-likeness (QED) is 0.554. The smallest absolute Gasteiger partial charge is 0.259 e. The van der Waals surface area contributed by atoms with E-state index in [1.54, 1.807) is 23.9 Å². The fourth-order valence-electron chi connectivity index (χ4n) is 2.25. The van der Waals surface area contributed by atoms with Gasteiger partial charge in [0.05, 0.1) is 7.11 Å². The molecular formula is C19H17ClN2O3S. The minimum Gasteiger partial charge on any atom is -0.504 e. The Bertz CT molecular complexity index is 891. The zero-order chi connectivity index (χ0) is 19.1. The van der Waals surface area contributed by atoms with Gasteiger partial charge in [-0.2, -0.15) is 17.0 Å². The molecule has 0 aliphatic heterocycles. The van der Waals surface area contributed by atoms with E-state index in [0.717, 1.165) is 5.56 Å². The lowest BCUT2D eigenvalue weighted by Gasteiger charge is -2.11. The van der Waals surface area contributed by atoms with E-state index in [-0.39, 0.29) is 17.1 Å². The van der Waals surface area contributed by atoms with Crippen molar-refractivity contribution in [3.05, 3.63) is 63.7 Å². The Hall–Kier alpha value is -2.62. The van der Waals surface area contributed by atoms with Crippen molar-refractivity contribution in [2.24, 2.45) is 5.73 Å². The molecule has 0 atom stereocenters. The predicted octanol–water partition coefficient (Wildman–Crippen LogP) is 3.88. The van der Waals surface area contributed by atoms with Gasteiger partial charge in [-0.3, -0.25) is 4.79 Å². The molecule has 0 aromatic heterocycles. The van der Waals surface area contributed by atoms with Crippen LogP contribution in [0.3, 0.4) is 0 Å². The first-order chi connectivity index (χ1) is 12.5. The van der Waals surface area contributed by atoms with Crippen LogP contribution in [-0.4, -0.2) is 18.1 Å². The van der Waals surface area contributed by atoms with E-state index in [9.17, 15) is 9.90 Å². The maximum atomic E-state index is 11.2. The molecule has 0 unspecified atom stereocenters. The van der Waals surface area contributed by atoms with Crippen LogP contribution >= 0.6 is 23.4 Å². The van der Waals surface area contributed by atoms with Crippen molar-refractivity contribution in [1.82, 2.24) is 0 Å². The number of hydrogen-bond acceptors (Lipinski definition) is 5. The molecule has 7 heteroatoms. The Morgan fingerprint density at radius 2 is 2.04 bits per heavy atom. The van der Waals surface area contributed by atoms with Crippen LogP contribution in [0.4, 0.5) is 0 Å². The van der Waals surface area contributed by atoms with Crippen LogP contribution in [-0.2, 0) is 16.3 Å². The number of phenolic OH excluding ortho intramolecular Hbond substituents is 1. The topological polar surface area (TPSA) is 96.3 Å². The number of nitriles is 1. The second-order valence-corrected chi connectivity index (χ2v) is 6.74. The van der Waals surface area contributed by atoms with E-state index in [1.165, 1.54) is 19.3 Å². The minimum atomic E-state index is -0.811. The van der Waals surface area contributed by atoms with E-state index in [1.807, 2.05) is 24.3 Å². The number of nitrogens with zero attached hydrogens (tertiary/aromatic N) is 1. The second kappa shape index (κ2) is 9.18. The molecule has 1 amide bonds. The molecule has 0 fully saturated rings. The zero-order valence-electron chi connectivity index (χ0n) is 14.0. The van der Waals surface area contributed by atoms with Gasteiger partial charge in [0.2, 0.25) is 0 Å². The van der Waals surface area contributed by atoms with Gasteiger partial charge in [0.25, 0.3) is 5.91 Å². The molecule has 0 radical (unpaired) electrons. The number of thioether (sulfide) groups is 1. The highest BCUT2D eigenvalue weighted by Crippen LogP contribution is 2.35. The molecule has 134 valence electrons. The van der Waals surface area contributed by atoms with Crippen molar-refractivity contribution < 1.29 is 14.6 Å². The van der Waals surface area contributed by atoms with E-state index in [0.29, 0.717) is 27.7 Å². The van der Waals surface area contributed by atoms with Gasteiger partial charge in [0.1, 0.15) is 11.6 Å². The monoisotopic (exact) mass is 388 g/mol. The third-order valence-electron chi connectivity index (χ3n) is 3.57. The predicted molar refractivity (Wildman–Crippen MR) is 104 cm³/mol. The first kappa shape index (κ1) is 19.7. The molecule has 2 rings (SSSR count). The number of primary amides is 1. The molecule has 0 spiro atoms. The molecule has 3 N–H and O–H groups in total. The number of benzene rings is 2. The summed E-state index contributed by atoms with van der Waals surface area (Å²) in [5.41, 5.74) is 7.16. The van der Waals surface area contributed by atoms with E-state index in [2.05, 4.69) is 0 Å². The van der Waals surface area contributed by atoms with Crippen LogP contribution in [0.5, 0.6) is 11.5 Å². The molecule has 2 aromatic carbocycles. The molecule has 26 heavy (non-hydrogen) atoms. The third kappa shape index (κ3) is 4.94. The first-order valence-electron chi connectivity index (χ1n) is 7.59. The average molecular weight is 389 g/mol. The number of methoxy groups -OCH3 is 1. The maximum Gasteiger partial charge on any atom is 0.259 e. The van der Waals surface area contributed by atoms with Crippen LogP contribution in [0.25, 0.3) is 6.08 Å². The van der Waals surface area contributed by atoms with Gasteiger partial charge in [0.15, 0.2) is 11.5 Å². The van der Waals surface area contributed by atoms with Gasteiger partial charge in [-0.05, 0) is 35.4 Å². The van der Waals surface area contributed by atoms with E-state index < -0.39 is 5.91 Å². The number of aromatic hydroxyl groups is 1. The largest absolute Gasteiger partial charge is 0.504 e. The Morgan fingerprint density at radius 1 is 1.35 bits per heavy atom. The van der Waals surface area contributed by atoms with Gasteiger partial charge in [-0.25, -0.2) is 0 Å². The highest BCUT2D eigenvalue weighted by molar-refractivity contribution is 7.97. The number of rotatable bonds is 7. The SMILES string of the molecule is COc1cc(/C=C(/C#N)C(N)=O)cc(CSCc2ccccc2Cl)c1O. The molecule has 0 aliphatic carbocycles. The number of ether oxygens (including phenoxy) is 1. The third-order valence-corrected chi connectivity index (χ3v) is 4.96. The molecule has 0 bridgehead atoms. The lowest BCUT2D eigenvalue weighted by Crippen LogP contribution is -2.12. The maximum absolute atomic E-state index is 11.2. The summed E-state index contributed by atoms with van der Waals surface area (Å²) in [6.45, 7) is 0. The summed E-state index contributed by atoms with van der Waals surface area (Å²) in [5.74, 6) is 0.636. The van der Waals surface area contributed by atoms with Crippen LogP contribution in [0, 0.1) is 11.3 Å². The second-order valence-electron chi connectivity index (χ2n) is 5.35. The number of phenols is 1. The Morgan fingerprint density at radius 3 is 2.65 bits per heavy atom. The van der Waals surface area contributed by atoms with Gasteiger partial charge in [-0.1, -0.05) is 29.8 Å². The summed E-state index contributed by atoms with van der Waals surface area (Å²) in [4.78, 5) is 11.2. The summed E-state index contributed by atoms with van der Waals surface area (Å²) in [7, 11) is 1.43. The summed E-state index contributed by atoms with van der Waals surface area (Å²) in [6, 6.07) is 12.6. The van der Waals surface area contributed by atoms with Crippen molar-refractivity contribution in [2.75, 3.05) is 7.11 Å². The van der Waals surface area contributed by atoms with Crippen molar-refractivity contribution in [2.45, 2.75) is 11.5 Å². The van der Waals surface area contributed by atoms with Crippen LogP contribution in [0.1, 0.15) is 16.7 Å². The standard InChI is InChI=1S/C19H17ClN2O3S/c1-25-17-8-12(6-14(9-21)19(22)24)7-15(18(17)23)11-26-10-13-4-2-3-5-16(13)20/h2-8,23H,10-11H2,1H3,(H2,22,24)/b14-6-. The number of nitrogens with two attached hydrogens (primary N) is 1. The van der Waals surface area contributed by atoms with Crippen molar-refractivity contribution in [3.63, 3.8) is 0 Å². The molecular weight excluding hydrogens is 372 g/mol. The fourth-order valence-corrected chi connectivity index (χ4v) is 3.55. The Kier molecular flexibility index (Phi) is 6.96. The molecule has 0 saturated carbocycles. The summed E-state index contributed by atoms with van der Waals surface area (Å²) >= 11 is 7.72. The number of amides is 1. The van der Waals surface area contributed by atoms with E-state index in [4.69, 9.17) is 27.3 Å². The molecule has 5 nitrogen and oxygen atoms in total. The molecule has 0 heterocycles. The van der Waals surface area contributed by atoms with Crippen LogP contribution in [0.15, 0.2) is 42.0 Å². The molecule has 2 aromatic rings. The lowest BCUT2D eigenvalue weighted by atomic mass is 10.1. The Labute approximate surface area is 161 Å². The van der Waals surface area contributed by atoms with Gasteiger partial charge >= 0.3 is 0 Å². The number of carbonyl (C=O) groups excluding carboxylic acids is 1. The Balaban J connectivity index is 2.24.